The molecule has 2 unspecified atom stereocenters. The summed E-state index contributed by atoms with van der Waals surface area (Å²) >= 11 is 0. The van der Waals surface area contributed by atoms with E-state index in [0.29, 0.717) is 12.8 Å². The zero-order chi connectivity index (χ0) is 36.1. The van der Waals surface area contributed by atoms with E-state index in [-0.39, 0.29) is 12.3 Å². The Labute approximate surface area is 301 Å². The third kappa shape index (κ3) is 36.6. The van der Waals surface area contributed by atoms with Gasteiger partial charge in [0.25, 0.3) is 10.1 Å². The Morgan fingerprint density at radius 1 is 0.571 bits per heavy atom. The SMILES string of the molecule is CC/C=C\C/C=C\C/C=C\C/C=C\C/C=C\CCCCCC(=O)NC(CS(=O)(=O)O)C(O)/C=C/CC/C=C/CCCCCCCCCCC. The average Bonchev–Trinajstić information content (AvgIpc) is 3.06. The lowest BCUT2D eigenvalue weighted by Gasteiger charge is -2.21. The van der Waals surface area contributed by atoms with Gasteiger partial charge in [-0.05, 0) is 77.0 Å². The third-order valence-electron chi connectivity index (χ3n) is 8.06. The molecule has 6 nitrogen and oxygen atoms in total. The highest BCUT2D eigenvalue weighted by molar-refractivity contribution is 7.85. The van der Waals surface area contributed by atoms with E-state index in [9.17, 15) is 22.9 Å². The Kier molecular flexibility index (Phi) is 33.6. The van der Waals surface area contributed by atoms with Crippen LogP contribution >= 0.6 is 0 Å². The first-order valence-corrected chi connectivity index (χ1v) is 20.9. The second-order valence-electron chi connectivity index (χ2n) is 12.8. The van der Waals surface area contributed by atoms with Crippen molar-refractivity contribution in [1.29, 1.82) is 0 Å². The Morgan fingerprint density at radius 3 is 1.53 bits per heavy atom. The van der Waals surface area contributed by atoms with Crippen molar-refractivity contribution in [3.05, 3.63) is 85.1 Å². The summed E-state index contributed by atoms with van der Waals surface area (Å²) in [4.78, 5) is 12.5. The fourth-order valence-corrected chi connectivity index (χ4v) is 5.93. The van der Waals surface area contributed by atoms with E-state index in [0.717, 1.165) is 64.2 Å². The molecular weight excluding hydrogens is 631 g/mol. The maximum absolute atomic E-state index is 12.5. The number of aliphatic hydroxyl groups is 1. The Hall–Kier alpha value is -2.48. The smallest absolute Gasteiger partial charge is 0.267 e. The van der Waals surface area contributed by atoms with E-state index in [2.05, 4.69) is 92.1 Å². The quantitative estimate of drug-likeness (QED) is 0.0359. The molecule has 2 atom stereocenters. The number of carbonyl (C=O) groups excluding carboxylic acids is 1. The van der Waals surface area contributed by atoms with E-state index in [1.807, 2.05) is 0 Å². The summed E-state index contributed by atoms with van der Waals surface area (Å²) in [6, 6.07) is -1.10. The van der Waals surface area contributed by atoms with Gasteiger partial charge in [-0.15, -0.1) is 0 Å². The zero-order valence-corrected chi connectivity index (χ0v) is 31.8. The van der Waals surface area contributed by atoms with Gasteiger partial charge in [0.1, 0.15) is 0 Å². The molecule has 0 aliphatic heterocycles. The lowest BCUT2D eigenvalue weighted by Crippen LogP contribution is -2.46. The summed E-state index contributed by atoms with van der Waals surface area (Å²) in [5.74, 6) is -1.05. The topological polar surface area (TPSA) is 104 Å². The van der Waals surface area contributed by atoms with E-state index in [4.69, 9.17) is 0 Å². The Morgan fingerprint density at radius 2 is 1.00 bits per heavy atom. The van der Waals surface area contributed by atoms with E-state index >= 15 is 0 Å². The molecule has 0 saturated carbocycles. The van der Waals surface area contributed by atoms with Crippen LogP contribution < -0.4 is 5.32 Å². The third-order valence-corrected chi connectivity index (χ3v) is 8.84. The predicted octanol–water partition coefficient (Wildman–Crippen LogP) is 11.2. The molecule has 0 radical (unpaired) electrons. The van der Waals surface area contributed by atoms with Crippen LogP contribution in [0.5, 0.6) is 0 Å². The predicted molar refractivity (Wildman–Crippen MR) is 211 cm³/mol. The summed E-state index contributed by atoms with van der Waals surface area (Å²) < 4.78 is 32.4. The number of aliphatic hydroxyl groups excluding tert-OH is 1. The lowest BCUT2D eigenvalue weighted by atomic mass is 10.1. The van der Waals surface area contributed by atoms with Crippen LogP contribution in [-0.2, 0) is 14.9 Å². The second kappa shape index (κ2) is 35.3. The van der Waals surface area contributed by atoms with Gasteiger partial charge in [0.15, 0.2) is 0 Å². The van der Waals surface area contributed by atoms with Gasteiger partial charge in [0.05, 0.1) is 17.9 Å². The van der Waals surface area contributed by atoms with Crippen molar-refractivity contribution >= 4 is 16.0 Å². The fourth-order valence-electron chi connectivity index (χ4n) is 5.20. The number of nitrogens with one attached hydrogen (secondary N) is 1. The number of carbonyl (C=O) groups is 1. The minimum absolute atomic E-state index is 0.244. The number of rotatable bonds is 33. The molecule has 7 heteroatoms. The molecule has 0 aliphatic rings. The van der Waals surface area contributed by atoms with Gasteiger partial charge < -0.3 is 10.4 Å². The number of hydrogen-bond acceptors (Lipinski definition) is 4. The van der Waals surface area contributed by atoms with Crippen LogP contribution in [0.15, 0.2) is 85.1 Å². The molecule has 0 aromatic carbocycles. The molecule has 0 saturated heterocycles. The molecule has 0 aromatic heterocycles. The maximum atomic E-state index is 12.5. The molecule has 0 heterocycles. The zero-order valence-electron chi connectivity index (χ0n) is 31.0. The molecule has 0 bridgehead atoms. The lowest BCUT2D eigenvalue weighted by molar-refractivity contribution is -0.122. The minimum Gasteiger partial charge on any atom is -0.387 e. The summed E-state index contributed by atoms with van der Waals surface area (Å²) in [7, 11) is -4.37. The second-order valence-corrected chi connectivity index (χ2v) is 14.3. The van der Waals surface area contributed by atoms with E-state index in [1.54, 1.807) is 6.08 Å². The fraction of sp³-hybridized carbons (Fsp3) is 0.643. The van der Waals surface area contributed by atoms with Gasteiger partial charge >= 0.3 is 0 Å². The molecule has 3 N–H and O–H groups in total. The molecule has 0 rings (SSSR count). The van der Waals surface area contributed by atoms with Crippen molar-refractivity contribution < 1.29 is 22.9 Å². The largest absolute Gasteiger partial charge is 0.387 e. The van der Waals surface area contributed by atoms with Crippen LogP contribution in [0.2, 0.25) is 0 Å². The van der Waals surface area contributed by atoms with Gasteiger partial charge in [0, 0.05) is 6.42 Å². The molecule has 0 fully saturated rings. The van der Waals surface area contributed by atoms with Crippen LogP contribution in [-0.4, -0.2) is 41.9 Å². The Bertz CT molecular complexity index is 1080. The molecule has 49 heavy (non-hydrogen) atoms. The molecule has 0 spiro atoms. The van der Waals surface area contributed by atoms with Crippen LogP contribution in [0.25, 0.3) is 0 Å². The normalized spacial score (nSPS) is 14.3. The van der Waals surface area contributed by atoms with Crippen molar-refractivity contribution in [2.75, 3.05) is 5.75 Å². The maximum Gasteiger partial charge on any atom is 0.267 e. The van der Waals surface area contributed by atoms with Crippen LogP contribution in [0.1, 0.15) is 155 Å². The molecule has 1 amide bonds. The van der Waals surface area contributed by atoms with E-state index < -0.39 is 28.0 Å². The summed E-state index contributed by atoms with van der Waals surface area (Å²) in [6.45, 7) is 4.39. The van der Waals surface area contributed by atoms with Crippen molar-refractivity contribution in [3.8, 4) is 0 Å². The molecular formula is C42H71NO5S. The van der Waals surface area contributed by atoms with Gasteiger partial charge in [-0.25, -0.2) is 0 Å². The molecule has 0 aromatic rings. The van der Waals surface area contributed by atoms with Gasteiger partial charge in [-0.3, -0.25) is 9.35 Å². The van der Waals surface area contributed by atoms with Crippen molar-refractivity contribution in [2.45, 2.75) is 167 Å². The number of unbranched alkanes of at least 4 members (excludes halogenated alkanes) is 13. The highest BCUT2D eigenvalue weighted by Crippen LogP contribution is 2.11. The Balaban J connectivity index is 4.11. The minimum atomic E-state index is -4.37. The number of amides is 1. The summed E-state index contributed by atoms with van der Waals surface area (Å²) in [5, 5.41) is 13.2. The monoisotopic (exact) mass is 702 g/mol. The van der Waals surface area contributed by atoms with Crippen molar-refractivity contribution in [3.63, 3.8) is 0 Å². The van der Waals surface area contributed by atoms with Crippen LogP contribution in [0, 0.1) is 0 Å². The van der Waals surface area contributed by atoms with Gasteiger partial charge in [0.2, 0.25) is 5.91 Å². The summed E-state index contributed by atoms with van der Waals surface area (Å²) in [5.41, 5.74) is 0. The van der Waals surface area contributed by atoms with E-state index in [1.165, 1.54) is 63.9 Å². The van der Waals surface area contributed by atoms with Gasteiger partial charge in [-0.2, -0.15) is 8.42 Å². The first kappa shape index (κ1) is 46.5. The first-order chi connectivity index (χ1) is 23.8. The first-order valence-electron chi connectivity index (χ1n) is 19.3. The van der Waals surface area contributed by atoms with Crippen LogP contribution in [0.4, 0.5) is 0 Å². The molecule has 0 aliphatic carbocycles. The van der Waals surface area contributed by atoms with Gasteiger partial charge in [-0.1, -0.05) is 157 Å². The highest BCUT2D eigenvalue weighted by atomic mass is 32.2. The number of hydrogen-bond donors (Lipinski definition) is 3. The average molecular weight is 702 g/mol. The highest BCUT2D eigenvalue weighted by Gasteiger charge is 2.24. The van der Waals surface area contributed by atoms with Crippen molar-refractivity contribution in [2.24, 2.45) is 0 Å². The number of allylic oxidation sites excluding steroid dienone is 13. The standard InChI is InChI=1S/C42H71NO5S/c1-3-5-7-9-11-13-15-17-19-20-21-22-24-26-28-30-32-34-36-38-42(45)43-40(39-49(46,47)48)41(44)37-35-33-31-29-27-25-23-18-16-14-12-10-8-6-4-2/h5,7,11,13,17,19,21-22,26-29,35,37,40-41,44H,3-4,6,8-10,12,14-16,18,20,23-25,30-34,36,38-39H2,1-2H3,(H,43,45)(H,46,47,48)/b7-5-,13-11-,19-17-,22-21-,28-26-,29-27+,37-35+. The van der Waals surface area contributed by atoms with Crippen LogP contribution in [0.3, 0.4) is 0 Å². The molecule has 280 valence electrons. The summed E-state index contributed by atoms with van der Waals surface area (Å²) in [6.07, 6.45) is 51.3. The van der Waals surface area contributed by atoms with Crippen molar-refractivity contribution in [1.82, 2.24) is 5.32 Å².